The van der Waals surface area contributed by atoms with Gasteiger partial charge >= 0.3 is 0 Å². The predicted octanol–water partition coefficient (Wildman–Crippen LogP) is 0.361. The molecule has 0 saturated heterocycles. The van der Waals surface area contributed by atoms with Crippen LogP contribution in [0.25, 0.3) is 0 Å². The molecule has 0 fully saturated rings. The first-order valence-corrected chi connectivity index (χ1v) is 6.06. The molecule has 8 heteroatoms. The van der Waals surface area contributed by atoms with Crippen molar-refractivity contribution in [2.24, 2.45) is 0 Å². The molecule has 106 valence electrons. The molecule has 1 rings (SSSR count). The Hall–Kier alpha value is -2.58. The van der Waals surface area contributed by atoms with Gasteiger partial charge in [0, 0.05) is 20.3 Å². The van der Waals surface area contributed by atoms with Crippen molar-refractivity contribution in [1.29, 1.82) is 10.5 Å². The first-order valence-electron chi connectivity index (χ1n) is 6.06. The first-order chi connectivity index (χ1) is 9.74. The van der Waals surface area contributed by atoms with Gasteiger partial charge in [-0.05, 0) is 6.42 Å². The Kier molecular flexibility index (Phi) is 6.59. The Balaban J connectivity index is 2.82. The number of methoxy groups -OCH3 is 1. The number of aromatic nitrogens is 2. The maximum Gasteiger partial charge on any atom is 0.159 e. The molecular weight excluding hydrogens is 258 g/mol. The molecule has 0 bridgehead atoms. The fourth-order valence-corrected chi connectivity index (χ4v) is 1.58. The number of nitriles is 2. The highest BCUT2D eigenvalue weighted by molar-refractivity contribution is 5.75. The lowest BCUT2D eigenvalue weighted by Crippen LogP contribution is -2.26. The summed E-state index contributed by atoms with van der Waals surface area (Å²) in [5.41, 5.74) is 6.31. The summed E-state index contributed by atoms with van der Waals surface area (Å²) < 4.78 is 4.95. The van der Waals surface area contributed by atoms with Crippen molar-refractivity contribution in [3.63, 3.8) is 0 Å². The molecule has 1 aromatic heterocycles. The SMILES string of the molecule is COCCCNc1ncnc(N(CC#N)CC#N)c1N. The minimum Gasteiger partial charge on any atom is -0.393 e. The summed E-state index contributed by atoms with van der Waals surface area (Å²) in [5, 5.41) is 20.6. The molecule has 3 N–H and O–H groups in total. The van der Waals surface area contributed by atoms with Gasteiger partial charge in [-0.15, -0.1) is 0 Å². The van der Waals surface area contributed by atoms with Crippen molar-refractivity contribution in [2.45, 2.75) is 6.42 Å². The highest BCUT2D eigenvalue weighted by Gasteiger charge is 2.14. The number of nitrogen functional groups attached to an aromatic ring is 1. The van der Waals surface area contributed by atoms with Crippen molar-refractivity contribution in [1.82, 2.24) is 9.97 Å². The zero-order valence-electron chi connectivity index (χ0n) is 11.3. The van der Waals surface area contributed by atoms with E-state index in [1.807, 2.05) is 12.1 Å². The quantitative estimate of drug-likeness (QED) is 0.514. The summed E-state index contributed by atoms with van der Waals surface area (Å²) >= 11 is 0. The van der Waals surface area contributed by atoms with Gasteiger partial charge in [0.15, 0.2) is 11.6 Å². The van der Waals surface area contributed by atoms with Crippen molar-refractivity contribution in [3.8, 4) is 12.1 Å². The zero-order chi connectivity index (χ0) is 14.8. The average Bonchev–Trinajstić information content (AvgIpc) is 2.45. The lowest BCUT2D eigenvalue weighted by molar-refractivity contribution is 0.198. The van der Waals surface area contributed by atoms with Crippen molar-refractivity contribution in [2.75, 3.05) is 49.3 Å². The monoisotopic (exact) mass is 275 g/mol. The van der Waals surface area contributed by atoms with Crippen LogP contribution in [0.15, 0.2) is 6.33 Å². The number of nitrogens with one attached hydrogen (secondary N) is 1. The third-order valence-electron chi connectivity index (χ3n) is 2.50. The van der Waals surface area contributed by atoms with Crippen molar-refractivity contribution in [3.05, 3.63) is 6.33 Å². The number of nitrogens with zero attached hydrogens (tertiary/aromatic N) is 5. The van der Waals surface area contributed by atoms with Gasteiger partial charge in [0.1, 0.15) is 25.1 Å². The Labute approximate surface area is 117 Å². The molecular formula is C12H17N7O. The number of hydrogen-bond donors (Lipinski definition) is 2. The maximum absolute atomic E-state index is 8.77. The van der Waals surface area contributed by atoms with Crippen LogP contribution in [0.5, 0.6) is 0 Å². The molecule has 0 aliphatic heterocycles. The molecule has 20 heavy (non-hydrogen) atoms. The van der Waals surface area contributed by atoms with Crippen LogP contribution in [0, 0.1) is 22.7 Å². The van der Waals surface area contributed by atoms with Gasteiger partial charge in [-0.25, -0.2) is 9.97 Å². The Morgan fingerprint density at radius 1 is 1.35 bits per heavy atom. The lowest BCUT2D eigenvalue weighted by atomic mass is 10.3. The lowest BCUT2D eigenvalue weighted by Gasteiger charge is -2.19. The van der Waals surface area contributed by atoms with Gasteiger partial charge in [0.05, 0.1) is 12.1 Å². The third kappa shape index (κ3) is 4.26. The average molecular weight is 275 g/mol. The molecule has 0 atom stereocenters. The Morgan fingerprint density at radius 3 is 2.65 bits per heavy atom. The second-order valence-electron chi connectivity index (χ2n) is 3.90. The molecule has 0 saturated carbocycles. The van der Waals surface area contributed by atoms with Gasteiger partial charge in [-0.1, -0.05) is 0 Å². The summed E-state index contributed by atoms with van der Waals surface area (Å²) in [5.74, 6) is 0.879. The van der Waals surface area contributed by atoms with Gasteiger partial charge in [0.25, 0.3) is 0 Å². The molecule has 1 aromatic rings. The van der Waals surface area contributed by atoms with Crippen LogP contribution in [-0.2, 0) is 4.74 Å². The van der Waals surface area contributed by atoms with Crippen LogP contribution in [0.1, 0.15) is 6.42 Å². The molecule has 0 aliphatic rings. The smallest absolute Gasteiger partial charge is 0.159 e. The molecule has 0 radical (unpaired) electrons. The van der Waals surface area contributed by atoms with Gasteiger partial charge in [0.2, 0.25) is 0 Å². The molecule has 0 aliphatic carbocycles. The van der Waals surface area contributed by atoms with E-state index in [0.717, 1.165) is 6.42 Å². The fraction of sp³-hybridized carbons (Fsp3) is 0.500. The summed E-state index contributed by atoms with van der Waals surface area (Å²) in [6.07, 6.45) is 2.17. The van der Waals surface area contributed by atoms with E-state index in [-0.39, 0.29) is 13.1 Å². The van der Waals surface area contributed by atoms with E-state index in [1.54, 1.807) is 7.11 Å². The third-order valence-corrected chi connectivity index (χ3v) is 2.50. The van der Waals surface area contributed by atoms with E-state index < -0.39 is 0 Å². The van der Waals surface area contributed by atoms with E-state index in [4.69, 9.17) is 21.0 Å². The second-order valence-corrected chi connectivity index (χ2v) is 3.90. The number of anilines is 3. The highest BCUT2D eigenvalue weighted by Crippen LogP contribution is 2.25. The second kappa shape index (κ2) is 8.51. The normalized spacial score (nSPS) is 9.55. The minimum atomic E-state index is 0.0396. The summed E-state index contributed by atoms with van der Waals surface area (Å²) in [7, 11) is 1.64. The van der Waals surface area contributed by atoms with Crippen molar-refractivity contribution < 1.29 is 4.74 Å². The van der Waals surface area contributed by atoms with Crippen LogP contribution in [0.2, 0.25) is 0 Å². The van der Waals surface area contributed by atoms with Gasteiger partial charge < -0.3 is 20.7 Å². The van der Waals surface area contributed by atoms with Crippen molar-refractivity contribution >= 4 is 17.3 Å². The topological polar surface area (TPSA) is 124 Å². The molecule has 1 heterocycles. The molecule has 0 unspecified atom stereocenters. The number of hydrogen-bond acceptors (Lipinski definition) is 8. The predicted molar refractivity (Wildman–Crippen MR) is 74.9 cm³/mol. The van der Waals surface area contributed by atoms with E-state index in [2.05, 4.69) is 15.3 Å². The van der Waals surface area contributed by atoms with Crippen LogP contribution >= 0.6 is 0 Å². The largest absolute Gasteiger partial charge is 0.393 e. The van der Waals surface area contributed by atoms with E-state index >= 15 is 0 Å². The Morgan fingerprint density at radius 2 is 2.05 bits per heavy atom. The zero-order valence-corrected chi connectivity index (χ0v) is 11.3. The Bertz CT molecular complexity index is 490. The molecule has 0 spiro atoms. The van der Waals surface area contributed by atoms with Gasteiger partial charge in [-0.3, -0.25) is 0 Å². The van der Waals surface area contributed by atoms with E-state index in [0.29, 0.717) is 30.5 Å². The van der Waals surface area contributed by atoms with Crippen LogP contribution in [-0.4, -0.2) is 43.3 Å². The van der Waals surface area contributed by atoms with E-state index in [9.17, 15) is 0 Å². The number of ether oxygens (including phenoxy) is 1. The van der Waals surface area contributed by atoms with Crippen LogP contribution in [0.4, 0.5) is 17.3 Å². The fourth-order valence-electron chi connectivity index (χ4n) is 1.58. The van der Waals surface area contributed by atoms with Crippen LogP contribution < -0.4 is 16.0 Å². The number of rotatable bonds is 8. The molecule has 0 amide bonds. The summed E-state index contributed by atoms with van der Waals surface area (Å²) in [4.78, 5) is 9.60. The van der Waals surface area contributed by atoms with E-state index in [1.165, 1.54) is 11.2 Å². The highest BCUT2D eigenvalue weighted by atomic mass is 16.5. The maximum atomic E-state index is 8.77. The molecule has 8 nitrogen and oxygen atoms in total. The standard InChI is InChI=1S/C12H17N7O/c1-20-8-2-5-16-11-10(15)12(18-9-17-11)19(6-3-13)7-4-14/h9H,2,5-8,15H2,1H3,(H,16,17,18). The molecule has 0 aromatic carbocycles. The summed E-state index contributed by atoms with van der Waals surface area (Å²) in [6, 6.07) is 3.96. The minimum absolute atomic E-state index is 0.0396. The van der Waals surface area contributed by atoms with Gasteiger partial charge in [-0.2, -0.15) is 10.5 Å². The number of nitrogens with two attached hydrogens (primary N) is 1. The van der Waals surface area contributed by atoms with Crippen LogP contribution in [0.3, 0.4) is 0 Å². The first kappa shape index (κ1) is 15.5. The summed E-state index contributed by atoms with van der Waals surface area (Å²) in [6.45, 7) is 1.38.